The molecule has 2 N–H and O–H groups in total. The Kier molecular flexibility index (Phi) is 5.83. The van der Waals surface area contributed by atoms with Crippen LogP contribution in [0.2, 0.25) is 0 Å². The van der Waals surface area contributed by atoms with Crippen LogP contribution in [0.25, 0.3) is 0 Å². The monoisotopic (exact) mass is 447 g/mol. The van der Waals surface area contributed by atoms with Crippen molar-refractivity contribution in [2.75, 3.05) is 39.0 Å². The molecule has 1 saturated carbocycles. The van der Waals surface area contributed by atoms with Gasteiger partial charge in [-0.3, -0.25) is 14.6 Å². The third-order valence-corrected chi connectivity index (χ3v) is 7.60. The van der Waals surface area contributed by atoms with Crippen LogP contribution in [-0.2, 0) is 17.8 Å². The van der Waals surface area contributed by atoms with Crippen molar-refractivity contribution in [1.29, 1.82) is 0 Å². The summed E-state index contributed by atoms with van der Waals surface area (Å²) in [6, 6.07) is 9.71. The van der Waals surface area contributed by atoms with E-state index >= 15 is 0 Å². The van der Waals surface area contributed by atoms with E-state index in [1.54, 1.807) is 6.20 Å². The Balaban J connectivity index is 1.07. The largest absolute Gasteiger partial charge is 0.373 e. The van der Waals surface area contributed by atoms with Gasteiger partial charge in [0.2, 0.25) is 5.91 Å². The summed E-state index contributed by atoms with van der Waals surface area (Å²) in [5.41, 5.74) is 4.40. The molecule has 1 saturated heterocycles. The number of carbonyl (C=O) groups is 2. The first-order valence-electron chi connectivity index (χ1n) is 11.9. The van der Waals surface area contributed by atoms with E-state index in [4.69, 9.17) is 0 Å². The Labute approximate surface area is 195 Å². The molecule has 2 amide bonds. The fraction of sp³-hybridized carbons (Fsp3) is 0.500. The van der Waals surface area contributed by atoms with Gasteiger partial charge in [-0.25, -0.2) is 0 Å². The summed E-state index contributed by atoms with van der Waals surface area (Å²) in [5, 5.41) is 6.46. The third-order valence-electron chi connectivity index (χ3n) is 7.60. The lowest BCUT2D eigenvalue weighted by atomic mass is 9.90. The lowest BCUT2D eigenvalue weighted by molar-refractivity contribution is -0.121. The highest BCUT2D eigenvalue weighted by molar-refractivity contribution is 5.94. The Morgan fingerprint density at radius 2 is 1.94 bits per heavy atom. The standard InChI is InChI=1S/C26H33N5O2/c1-30(2)17-18-3-5-19(6-4-18)25(33)31-11-8-26(9-12-31)14-21(26)16-28-24(32)23-13-20-15-27-10-7-22(20)29-23/h3-7,10,15,21,23,29H,8-9,11-14,16-17H2,1-2H3,(H,28,32). The first kappa shape index (κ1) is 21.9. The molecule has 2 unspecified atom stereocenters. The van der Waals surface area contributed by atoms with Crippen LogP contribution < -0.4 is 10.6 Å². The number of fused-ring (bicyclic) bond motifs is 1. The first-order chi connectivity index (χ1) is 15.9. The topological polar surface area (TPSA) is 77.6 Å². The summed E-state index contributed by atoms with van der Waals surface area (Å²) in [5.74, 6) is 0.723. The second-order valence-corrected chi connectivity index (χ2v) is 10.2. The Hall–Kier alpha value is -2.93. The number of rotatable bonds is 6. The second kappa shape index (κ2) is 8.78. The molecule has 7 nitrogen and oxygen atoms in total. The number of aromatic nitrogens is 1. The molecule has 5 rings (SSSR count). The van der Waals surface area contributed by atoms with E-state index in [2.05, 4.69) is 20.5 Å². The lowest BCUT2D eigenvalue weighted by Crippen LogP contribution is -2.42. The number of pyridine rings is 1. The van der Waals surface area contributed by atoms with E-state index < -0.39 is 0 Å². The molecule has 33 heavy (non-hydrogen) atoms. The van der Waals surface area contributed by atoms with Crippen LogP contribution in [0.4, 0.5) is 5.69 Å². The summed E-state index contributed by atoms with van der Waals surface area (Å²) in [7, 11) is 4.09. The van der Waals surface area contributed by atoms with Crippen LogP contribution in [0, 0.1) is 11.3 Å². The number of amides is 2. The smallest absolute Gasteiger partial charge is 0.253 e. The van der Waals surface area contributed by atoms with Crippen molar-refractivity contribution in [2.45, 2.75) is 38.3 Å². The molecule has 2 aliphatic heterocycles. The predicted molar refractivity (Wildman–Crippen MR) is 128 cm³/mol. The van der Waals surface area contributed by atoms with E-state index in [9.17, 15) is 9.59 Å². The SMILES string of the molecule is CN(C)Cc1ccc(C(=O)N2CCC3(CC2)CC3CNC(=O)C2Cc3cnccc3N2)cc1. The highest BCUT2D eigenvalue weighted by Gasteiger charge is 2.54. The van der Waals surface area contributed by atoms with Crippen molar-refractivity contribution in [3.05, 3.63) is 59.4 Å². The number of hydrogen-bond acceptors (Lipinski definition) is 5. The number of carbonyl (C=O) groups excluding carboxylic acids is 2. The van der Waals surface area contributed by atoms with Crippen molar-refractivity contribution in [2.24, 2.45) is 11.3 Å². The molecule has 1 aromatic heterocycles. The molecule has 3 aliphatic rings. The minimum atomic E-state index is -0.206. The van der Waals surface area contributed by atoms with Gasteiger partial charge in [0.05, 0.1) is 0 Å². The maximum Gasteiger partial charge on any atom is 0.253 e. The normalized spacial score (nSPS) is 22.7. The molecule has 0 bridgehead atoms. The van der Waals surface area contributed by atoms with Crippen LogP contribution in [0.5, 0.6) is 0 Å². The van der Waals surface area contributed by atoms with Gasteiger partial charge in [0.15, 0.2) is 0 Å². The van der Waals surface area contributed by atoms with E-state index in [0.717, 1.165) is 62.3 Å². The van der Waals surface area contributed by atoms with E-state index in [0.29, 0.717) is 17.8 Å². The van der Waals surface area contributed by atoms with Crippen molar-refractivity contribution in [3.63, 3.8) is 0 Å². The minimum absolute atomic E-state index is 0.0681. The number of benzene rings is 1. The highest BCUT2D eigenvalue weighted by atomic mass is 16.2. The summed E-state index contributed by atoms with van der Waals surface area (Å²) < 4.78 is 0. The van der Waals surface area contributed by atoms with Gasteiger partial charge in [-0.1, -0.05) is 12.1 Å². The number of nitrogens with one attached hydrogen (secondary N) is 2. The number of likely N-dealkylation sites (tertiary alicyclic amines) is 1. The van der Waals surface area contributed by atoms with Gasteiger partial charge in [-0.2, -0.15) is 0 Å². The summed E-state index contributed by atoms with van der Waals surface area (Å²) in [4.78, 5) is 33.9. The van der Waals surface area contributed by atoms with Crippen molar-refractivity contribution in [3.8, 4) is 0 Å². The lowest BCUT2D eigenvalue weighted by Gasteiger charge is -2.33. The van der Waals surface area contributed by atoms with Crippen LogP contribution in [0.3, 0.4) is 0 Å². The van der Waals surface area contributed by atoms with Crippen LogP contribution >= 0.6 is 0 Å². The quantitative estimate of drug-likeness (QED) is 0.712. The first-order valence-corrected chi connectivity index (χ1v) is 11.9. The van der Waals surface area contributed by atoms with Gasteiger partial charge >= 0.3 is 0 Å². The zero-order valence-corrected chi connectivity index (χ0v) is 19.5. The molecule has 1 aliphatic carbocycles. The third kappa shape index (κ3) is 4.60. The van der Waals surface area contributed by atoms with Gasteiger partial charge < -0.3 is 20.4 Å². The van der Waals surface area contributed by atoms with Gasteiger partial charge in [0, 0.05) is 56.2 Å². The molecular formula is C26H33N5O2. The molecular weight excluding hydrogens is 414 g/mol. The number of hydrogen-bond donors (Lipinski definition) is 2. The second-order valence-electron chi connectivity index (χ2n) is 10.2. The highest BCUT2D eigenvalue weighted by Crippen LogP contribution is 2.59. The van der Waals surface area contributed by atoms with Crippen molar-refractivity contribution in [1.82, 2.24) is 20.1 Å². The van der Waals surface area contributed by atoms with Crippen LogP contribution in [0.15, 0.2) is 42.7 Å². The minimum Gasteiger partial charge on any atom is -0.373 e. The molecule has 7 heteroatoms. The summed E-state index contributed by atoms with van der Waals surface area (Å²) >= 11 is 0. The molecule has 3 heterocycles. The summed E-state index contributed by atoms with van der Waals surface area (Å²) in [6.07, 6.45) is 7.47. The zero-order chi connectivity index (χ0) is 23.0. The van der Waals surface area contributed by atoms with Crippen LogP contribution in [-0.4, -0.2) is 66.4 Å². The molecule has 2 atom stereocenters. The van der Waals surface area contributed by atoms with Gasteiger partial charge in [0.1, 0.15) is 6.04 Å². The molecule has 1 spiro atoms. The number of anilines is 1. The number of nitrogens with zero attached hydrogens (tertiary/aromatic N) is 3. The average molecular weight is 448 g/mol. The maximum atomic E-state index is 12.9. The molecule has 174 valence electrons. The molecule has 0 radical (unpaired) electrons. The van der Waals surface area contributed by atoms with Crippen LogP contribution in [0.1, 0.15) is 40.7 Å². The van der Waals surface area contributed by atoms with E-state index in [-0.39, 0.29) is 17.9 Å². The molecule has 1 aromatic carbocycles. The number of piperidine rings is 1. The summed E-state index contributed by atoms with van der Waals surface area (Å²) in [6.45, 7) is 3.21. The fourth-order valence-electron chi connectivity index (χ4n) is 5.48. The Morgan fingerprint density at radius 3 is 2.64 bits per heavy atom. The van der Waals surface area contributed by atoms with E-state index in [1.807, 2.05) is 55.5 Å². The molecule has 2 aromatic rings. The van der Waals surface area contributed by atoms with Gasteiger partial charge in [0.25, 0.3) is 5.91 Å². The predicted octanol–water partition coefficient (Wildman–Crippen LogP) is 2.54. The van der Waals surface area contributed by atoms with E-state index in [1.165, 1.54) is 5.56 Å². The van der Waals surface area contributed by atoms with Crippen molar-refractivity contribution < 1.29 is 9.59 Å². The Bertz CT molecular complexity index is 1000. The van der Waals surface area contributed by atoms with Crippen molar-refractivity contribution >= 4 is 17.5 Å². The van der Waals surface area contributed by atoms with Gasteiger partial charge in [-0.15, -0.1) is 0 Å². The zero-order valence-electron chi connectivity index (χ0n) is 19.5. The molecule has 2 fully saturated rings. The Morgan fingerprint density at radius 1 is 1.18 bits per heavy atom. The maximum absolute atomic E-state index is 12.9. The average Bonchev–Trinajstić information content (AvgIpc) is 3.29. The van der Waals surface area contributed by atoms with Gasteiger partial charge in [-0.05, 0) is 74.0 Å². The fourth-order valence-corrected chi connectivity index (χ4v) is 5.48.